The van der Waals surface area contributed by atoms with Crippen LogP contribution in [-0.4, -0.2) is 19.9 Å². The van der Waals surface area contributed by atoms with Gasteiger partial charge in [0.05, 0.1) is 34.2 Å². The van der Waals surface area contributed by atoms with Crippen LogP contribution in [0.25, 0.3) is 67.5 Å². The lowest BCUT2D eigenvalue weighted by molar-refractivity contribution is 0.913. The molecule has 7 aromatic rings. The molecule has 4 heteroatoms. The molecule has 0 aliphatic heterocycles. The molecule has 0 saturated heterocycles. The highest BCUT2D eigenvalue weighted by atomic mass is 14.8. The Labute approximate surface area is 268 Å². The normalized spacial score (nSPS) is 12.9. The van der Waals surface area contributed by atoms with Gasteiger partial charge in [-0.15, -0.1) is 0 Å². The van der Waals surface area contributed by atoms with Crippen LogP contribution in [0.4, 0.5) is 0 Å². The number of nitrogens with zero attached hydrogens (tertiary/aromatic N) is 4. The van der Waals surface area contributed by atoms with Crippen LogP contribution in [-0.2, 0) is 25.7 Å². The van der Waals surface area contributed by atoms with Crippen molar-refractivity contribution < 1.29 is 0 Å². The second-order valence-electron chi connectivity index (χ2n) is 12.2. The summed E-state index contributed by atoms with van der Waals surface area (Å²) in [5.74, 6) is 0. The van der Waals surface area contributed by atoms with Gasteiger partial charge in [-0.1, -0.05) is 84.9 Å². The molecule has 0 bridgehead atoms. The van der Waals surface area contributed by atoms with Crippen molar-refractivity contribution in [2.45, 2.75) is 25.7 Å². The lowest BCUT2D eigenvalue weighted by Crippen LogP contribution is -2.07. The molecule has 0 saturated carbocycles. The van der Waals surface area contributed by atoms with Gasteiger partial charge in [-0.3, -0.25) is 9.97 Å². The van der Waals surface area contributed by atoms with Gasteiger partial charge in [0.2, 0.25) is 0 Å². The number of pyridine rings is 4. The number of benzene rings is 3. The molecule has 0 radical (unpaired) electrons. The molecule has 9 rings (SSSR count). The van der Waals surface area contributed by atoms with Crippen LogP contribution in [0, 0.1) is 0 Å². The zero-order valence-electron chi connectivity index (χ0n) is 25.3. The fraction of sp³-hybridized carbons (Fsp3) is 0.0952. The van der Waals surface area contributed by atoms with Gasteiger partial charge < -0.3 is 0 Å². The molecule has 0 spiro atoms. The molecule has 46 heavy (non-hydrogen) atoms. The van der Waals surface area contributed by atoms with E-state index in [4.69, 9.17) is 9.97 Å². The van der Waals surface area contributed by atoms with Gasteiger partial charge in [0.15, 0.2) is 0 Å². The van der Waals surface area contributed by atoms with E-state index in [9.17, 15) is 0 Å². The molecule has 4 heterocycles. The standard InChI is InChI=1S/C42H30N4/c1-5-33(25-35(7-1)37-21-19-31-17-15-29-9-3-23-43-39(29)41(31)45-37)27-11-13-28(14-12-27)34-6-2-8-36(26-34)38-22-20-32-18-16-30-10-4-24-44-40(30)42(32)46-38/h1-14,19-26H,15-18H2. The second kappa shape index (κ2) is 11.0. The Morgan fingerprint density at radius 3 is 1.20 bits per heavy atom. The Morgan fingerprint density at radius 1 is 0.326 bits per heavy atom. The van der Waals surface area contributed by atoms with Crippen molar-refractivity contribution in [3.05, 3.63) is 156 Å². The third kappa shape index (κ3) is 4.70. The van der Waals surface area contributed by atoms with E-state index in [2.05, 4.69) is 119 Å². The van der Waals surface area contributed by atoms with Crippen molar-refractivity contribution in [2.75, 3.05) is 0 Å². The lowest BCUT2D eigenvalue weighted by atomic mass is 9.91. The Kier molecular flexibility index (Phi) is 6.38. The van der Waals surface area contributed by atoms with E-state index in [0.717, 1.165) is 71.0 Å². The fourth-order valence-corrected chi connectivity index (χ4v) is 6.93. The summed E-state index contributed by atoms with van der Waals surface area (Å²) in [6.45, 7) is 0. The number of aromatic nitrogens is 4. The molecule has 4 nitrogen and oxygen atoms in total. The molecular weight excluding hydrogens is 560 g/mol. The Hall–Kier alpha value is -5.74. The molecule has 0 N–H and O–H groups in total. The molecule has 4 aromatic heterocycles. The minimum Gasteiger partial charge on any atom is -0.254 e. The SMILES string of the molecule is c1cc(-c2ccc(-c3cccc(-c4ccc5c(n4)-c4ncccc4CC5)c3)cc2)cc(-c2ccc3c(n2)-c2ncccc2CC3)c1. The lowest BCUT2D eigenvalue weighted by Gasteiger charge is -2.18. The van der Waals surface area contributed by atoms with Gasteiger partial charge in [-0.05, 0) is 107 Å². The van der Waals surface area contributed by atoms with E-state index in [1.807, 2.05) is 24.5 Å². The predicted molar refractivity (Wildman–Crippen MR) is 185 cm³/mol. The molecular formula is C42H30N4. The number of hydrogen-bond acceptors (Lipinski definition) is 4. The van der Waals surface area contributed by atoms with Crippen molar-refractivity contribution in [1.82, 2.24) is 19.9 Å². The monoisotopic (exact) mass is 590 g/mol. The molecule has 2 aliphatic rings. The molecule has 2 aliphatic carbocycles. The summed E-state index contributed by atoms with van der Waals surface area (Å²) in [7, 11) is 0. The van der Waals surface area contributed by atoms with E-state index < -0.39 is 0 Å². The number of rotatable bonds is 4. The van der Waals surface area contributed by atoms with Crippen molar-refractivity contribution in [2.24, 2.45) is 0 Å². The fourth-order valence-electron chi connectivity index (χ4n) is 6.93. The van der Waals surface area contributed by atoms with E-state index in [1.54, 1.807) is 0 Å². The van der Waals surface area contributed by atoms with Crippen LogP contribution in [0.5, 0.6) is 0 Å². The van der Waals surface area contributed by atoms with E-state index in [-0.39, 0.29) is 0 Å². The molecule has 3 aromatic carbocycles. The molecule has 0 atom stereocenters. The van der Waals surface area contributed by atoms with Crippen LogP contribution in [0.15, 0.2) is 134 Å². The maximum atomic E-state index is 5.11. The van der Waals surface area contributed by atoms with Crippen molar-refractivity contribution in [3.8, 4) is 67.5 Å². The van der Waals surface area contributed by atoms with E-state index in [0.29, 0.717) is 0 Å². The zero-order chi connectivity index (χ0) is 30.5. The highest BCUT2D eigenvalue weighted by Gasteiger charge is 2.20. The number of aryl methyl sites for hydroxylation is 4. The summed E-state index contributed by atoms with van der Waals surface area (Å²) in [6.07, 6.45) is 7.78. The van der Waals surface area contributed by atoms with Crippen LogP contribution < -0.4 is 0 Å². The van der Waals surface area contributed by atoms with Gasteiger partial charge in [0.1, 0.15) is 0 Å². The first kappa shape index (κ1) is 26.6. The minimum absolute atomic E-state index is 0.975. The minimum atomic E-state index is 0.975. The van der Waals surface area contributed by atoms with Gasteiger partial charge in [0.25, 0.3) is 0 Å². The van der Waals surface area contributed by atoms with Crippen LogP contribution in [0.3, 0.4) is 0 Å². The first-order valence-electron chi connectivity index (χ1n) is 16.0. The Morgan fingerprint density at radius 2 is 0.739 bits per heavy atom. The zero-order valence-corrected chi connectivity index (χ0v) is 25.3. The first-order chi connectivity index (χ1) is 22.8. The number of fused-ring (bicyclic) bond motifs is 6. The summed E-state index contributed by atoms with van der Waals surface area (Å²) < 4.78 is 0. The van der Waals surface area contributed by atoms with Crippen molar-refractivity contribution in [1.29, 1.82) is 0 Å². The maximum Gasteiger partial charge on any atom is 0.0928 e. The van der Waals surface area contributed by atoms with Crippen molar-refractivity contribution in [3.63, 3.8) is 0 Å². The molecule has 0 amide bonds. The van der Waals surface area contributed by atoms with Gasteiger partial charge >= 0.3 is 0 Å². The quantitative estimate of drug-likeness (QED) is 0.205. The summed E-state index contributed by atoms with van der Waals surface area (Å²) >= 11 is 0. The van der Waals surface area contributed by atoms with Crippen LogP contribution >= 0.6 is 0 Å². The highest BCUT2D eigenvalue weighted by molar-refractivity contribution is 5.78. The largest absolute Gasteiger partial charge is 0.254 e. The second-order valence-corrected chi connectivity index (χ2v) is 12.2. The first-order valence-corrected chi connectivity index (χ1v) is 16.0. The molecule has 0 fully saturated rings. The number of hydrogen-bond donors (Lipinski definition) is 0. The summed E-state index contributed by atoms with van der Waals surface area (Å²) in [4.78, 5) is 19.6. The predicted octanol–water partition coefficient (Wildman–Crippen LogP) is 9.47. The smallest absolute Gasteiger partial charge is 0.0928 e. The Balaban J connectivity index is 0.999. The summed E-state index contributed by atoms with van der Waals surface area (Å²) in [6, 6.07) is 43.3. The van der Waals surface area contributed by atoms with Crippen LogP contribution in [0.1, 0.15) is 22.3 Å². The van der Waals surface area contributed by atoms with E-state index >= 15 is 0 Å². The average Bonchev–Trinajstić information content (AvgIpc) is 3.14. The summed E-state index contributed by atoms with van der Waals surface area (Å²) in [5.41, 5.74) is 18.0. The Bertz CT molecular complexity index is 2110. The average molecular weight is 591 g/mol. The van der Waals surface area contributed by atoms with Crippen molar-refractivity contribution >= 4 is 0 Å². The van der Waals surface area contributed by atoms with Gasteiger partial charge in [0, 0.05) is 23.5 Å². The summed E-state index contributed by atoms with van der Waals surface area (Å²) in [5, 5.41) is 0. The van der Waals surface area contributed by atoms with Crippen LogP contribution in [0.2, 0.25) is 0 Å². The van der Waals surface area contributed by atoms with Gasteiger partial charge in [-0.2, -0.15) is 0 Å². The molecule has 218 valence electrons. The van der Waals surface area contributed by atoms with Gasteiger partial charge in [-0.25, -0.2) is 9.97 Å². The third-order valence-corrected chi connectivity index (χ3v) is 9.38. The highest BCUT2D eigenvalue weighted by Crippen LogP contribution is 2.35. The van der Waals surface area contributed by atoms with E-state index in [1.165, 1.54) is 44.5 Å². The molecule has 0 unspecified atom stereocenters. The topological polar surface area (TPSA) is 51.6 Å². The maximum absolute atomic E-state index is 5.11. The third-order valence-electron chi connectivity index (χ3n) is 9.38.